The summed E-state index contributed by atoms with van der Waals surface area (Å²) in [6.07, 6.45) is 7.35. The molecule has 1 unspecified atom stereocenters. The van der Waals surface area contributed by atoms with Gasteiger partial charge < -0.3 is 4.74 Å². The molecule has 0 spiro atoms. The van der Waals surface area contributed by atoms with Crippen LogP contribution in [0, 0.1) is 6.92 Å². The molecule has 1 aromatic carbocycles. The zero-order valence-corrected chi connectivity index (χ0v) is 11.1. The van der Waals surface area contributed by atoms with Crippen LogP contribution >= 0.6 is 0 Å². The van der Waals surface area contributed by atoms with E-state index in [0.717, 1.165) is 6.61 Å². The molecule has 1 nitrogen and oxygen atoms in total. The molecule has 92 valence electrons. The Bertz CT molecular complexity index is 402. The first kappa shape index (κ1) is 12.4. The van der Waals surface area contributed by atoms with Gasteiger partial charge in [-0.15, -0.1) is 0 Å². The topological polar surface area (TPSA) is 9.23 Å². The summed E-state index contributed by atoms with van der Waals surface area (Å²) >= 11 is 0. The third-order valence-electron chi connectivity index (χ3n) is 3.23. The van der Waals surface area contributed by atoms with Crippen molar-refractivity contribution in [2.24, 2.45) is 0 Å². The van der Waals surface area contributed by atoms with E-state index in [4.69, 9.17) is 4.74 Å². The average Bonchev–Trinajstić information content (AvgIpc) is 3.10. The molecule has 1 fully saturated rings. The monoisotopic (exact) mass is 230 g/mol. The number of ether oxygens (including phenoxy) is 1. The second-order valence-corrected chi connectivity index (χ2v) is 5.07. The van der Waals surface area contributed by atoms with Crippen LogP contribution in [-0.4, -0.2) is 12.7 Å². The Morgan fingerprint density at radius 1 is 1.41 bits per heavy atom. The Hall–Kier alpha value is -1.08. The largest absolute Gasteiger partial charge is 0.378 e. The molecule has 0 aromatic heterocycles. The lowest BCUT2D eigenvalue weighted by atomic mass is 9.94. The molecule has 1 heteroatoms. The lowest BCUT2D eigenvalue weighted by Crippen LogP contribution is -2.07. The minimum absolute atomic E-state index is 0.474. The van der Waals surface area contributed by atoms with Crippen LogP contribution in [0.3, 0.4) is 0 Å². The van der Waals surface area contributed by atoms with Crippen LogP contribution in [0.5, 0.6) is 0 Å². The highest BCUT2D eigenvalue weighted by Gasteiger charge is 2.23. The Labute approximate surface area is 104 Å². The van der Waals surface area contributed by atoms with Crippen molar-refractivity contribution in [2.75, 3.05) is 6.61 Å². The molecule has 1 aromatic rings. The van der Waals surface area contributed by atoms with Gasteiger partial charge in [-0.05, 0) is 37.8 Å². The van der Waals surface area contributed by atoms with Gasteiger partial charge in [0.15, 0.2) is 0 Å². The maximum atomic E-state index is 5.81. The summed E-state index contributed by atoms with van der Waals surface area (Å²) < 4.78 is 5.81. The fourth-order valence-corrected chi connectivity index (χ4v) is 2.07. The van der Waals surface area contributed by atoms with E-state index in [1.54, 1.807) is 0 Å². The van der Waals surface area contributed by atoms with Crippen molar-refractivity contribution >= 4 is 6.08 Å². The molecule has 0 saturated heterocycles. The molecule has 0 heterocycles. The van der Waals surface area contributed by atoms with E-state index in [1.165, 1.54) is 29.5 Å². The molecule has 0 radical (unpaired) electrons. The van der Waals surface area contributed by atoms with Crippen molar-refractivity contribution in [3.05, 3.63) is 41.0 Å². The van der Waals surface area contributed by atoms with E-state index in [2.05, 4.69) is 51.1 Å². The molecule has 1 aliphatic rings. The zero-order valence-electron chi connectivity index (χ0n) is 11.1. The summed E-state index contributed by atoms with van der Waals surface area (Å²) in [6.45, 7) is 7.30. The molecular formula is C16H22O. The molecule has 1 atom stereocenters. The molecule has 0 aliphatic heterocycles. The van der Waals surface area contributed by atoms with Gasteiger partial charge in [-0.3, -0.25) is 0 Å². The Balaban J connectivity index is 2.10. The standard InChI is InChI=1S/C16H22O/c1-4-5-14-10-12(2)6-9-16(14)13(3)11-17-15-7-8-15/h4-6,9-10,13,15H,7-8,11H2,1-3H3. The van der Waals surface area contributed by atoms with Crippen molar-refractivity contribution in [3.8, 4) is 0 Å². The molecule has 17 heavy (non-hydrogen) atoms. The number of allylic oxidation sites excluding steroid dienone is 1. The van der Waals surface area contributed by atoms with Gasteiger partial charge in [0, 0.05) is 5.92 Å². The second-order valence-electron chi connectivity index (χ2n) is 5.07. The molecule has 0 bridgehead atoms. The Morgan fingerprint density at radius 2 is 2.18 bits per heavy atom. The van der Waals surface area contributed by atoms with Gasteiger partial charge >= 0.3 is 0 Å². The van der Waals surface area contributed by atoms with Crippen LogP contribution in [-0.2, 0) is 4.74 Å². The SMILES string of the molecule is CC=Cc1cc(C)ccc1C(C)COC1CC1. The predicted molar refractivity (Wildman–Crippen MR) is 73.3 cm³/mol. The summed E-state index contributed by atoms with van der Waals surface area (Å²) in [5.74, 6) is 0.474. The summed E-state index contributed by atoms with van der Waals surface area (Å²) in [4.78, 5) is 0. The van der Waals surface area contributed by atoms with Gasteiger partial charge in [-0.1, -0.05) is 42.8 Å². The van der Waals surface area contributed by atoms with E-state index in [-0.39, 0.29) is 0 Å². The van der Waals surface area contributed by atoms with Gasteiger partial charge in [0.1, 0.15) is 0 Å². The van der Waals surface area contributed by atoms with Crippen LogP contribution in [0.1, 0.15) is 49.3 Å². The van der Waals surface area contributed by atoms with E-state index in [0.29, 0.717) is 12.0 Å². The lowest BCUT2D eigenvalue weighted by molar-refractivity contribution is 0.109. The Morgan fingerprint density at radius 3 is 2.82 bits per heavy atom. The first-order chi connectivity index (χ1) is 8.20. The molecule has 0 amide bonds. The molecule has 0 N–H and O–H groups in total. The van der Waals surface area contributed by atoms with Gasteiger partial charge in [0.2, 0.25) is 0 Å². The van der Waals surface area contributed by atoms with Crippen molar-refractivity contribution in [3.63, 3.8) is 0 Å². The van der Waals surface area contributed by atoms with Crippen LogP contribution < -0.4 is 0 Å². The van der Waals surface area contributed by atoms with E-state index >= 15 is 0 Å². The fraction of sp³-hybridized carbons (Fsp3) is 0.500. The zero-order chi connectivity index (χ0) is 12.3. The van der Waals surface area contributed by atoms with Crippen molar-refractivity contribution in [1.29, 1.82) is 0 Å². The number of hydrogen-bond donors (Lipinski definition) is 0. The molecule has 2 rings (SSSR count). The maximum Gasteiger partial charge on any atom is 0.0577 e. The van der Waals surface area contributed by atoms with E-state index in [9.17, 15) is 0 Å². The summed E-state index contributed by atoms with van der Waals surface area (Å²) in [7, 11) is 0. The number of hydrogen-bond acceptors (Lipinski definition) is 1. The Kier molecular flexibility index (Phi) is 4.01. The van der Waals surface area contributed by atoms with Crippen molar-refractivity contribution < 1.29 is 4.74 Å². The minimum atomic E-state index is 0.474. The highest BCUT2D eigenvalue weighted by Crippen LogP contribution is 2.28. The van der Waals surface area contributed by atoms with Crippen LogP contribution in [0.4, 0.5) is 0 Å². The highest BCUT2D eigenvalue weighted by atomic mass is 16.5. The first-order valence-electron chi connectivity index (χ1n) is 6.55. The number of rotatable bonds is 5. The van der Waals surface area contributed by atoms with Crippen LogP contribution in [0.2, 0.25) is 0 Å². The summed E-state index contributed by atoms with van der Waals surface area (Å²) in [5.41, 5.74) is 4.05. The maximum absolute atomic E-state index is 5.81. The van der Waals surface area contributed by atoms with Gasteiger partial charge in [-0.2, -0.15) is 0 Å². The van der Waals surface area contributed by atoms with Crippen molar-refractivity contribution in [2.45, 2.75) is 45.6 Å². The van der Waals surface area contributed by atoms with Gasteiger partial charge in [0.25, 0.3) is 0 Å². The number of benzene rings is 1. The molecular weight excluding hydrogens is 208 g/mol. The third-order valence-corrected chi connectivity index (χ3v) is 3.23. The average molecular weight is 230 g/mol. The smallest absolute Gasteiger partial charge is 0.0577 e. The predicted octanol–water partition coefficient (Wildman–Crippen LogP) is 4.31. The van der Waals surface area contributed by atoms with Crippen LogP contribution in [0.25, 0.3) is 6.08 Å². The summed E-state index contributed by atoms with van der Waals surface area (Å²) in [5, 5.41) is 0. The fourth-order valence-electron chi connectivity index (χ4n) is 2.07. The van der Waals surface area contributed by atoms with Gasteiger partial charge in [-0.25, -0.2) is 0 Å². The molecule has 1 saturated carbocycles. The van der Waals surface area contributed by atoms with E-state index < -0.39 is 0 Å². The second kappa shape index (κ2) is 5.50. The van der Waals surface area contributed by atoms with Gasteiger partial charge in [0.05, 0.1) is 12.7 Å². The van der Waals surface area contributed by atoms with E-state index in [1.807, 2.05) is 0 Å². The first-order valence-corrected chi connectivity index (χ1v) is 6.55. The molecule has 1 aliphatic carbocycles. The quantitative estimate of drug-likeness (QED) is 0.732. The minimum Gasteiger partial charge on any atom is -0.378 e. The summed E-state index contributed by atoms with van der Waals surface area (Å²) in [6, 6.07) is 6.69. The van der Waals surface area contributed by atoms with Crippen molar-refractivity contribution in [1.82, 2.24) is 0 Å². The number of aryl methyl sites for hydroxylation is 1. The van der Waals surface area contributed by atoms with Crippen LogP contribution in [0.15, 0.2) is 24.3 Å². The lowest BCUT2D eigenvalue weighted by Gasteiger charge is -2.15. The third kappa shape index (κ3) is 3.44. The highest BCUT2D eigenvalue weighted by molar-refractivity contribution is 5.55. The normalized spacial score (nSPS) is 17.6.